The van der Waals surface area contributed by atoms with Crippen LogP contribution in [0, 0.1) is 11.8 Å². The minimum absolute atomic E-state index is 0.0825. The average molecular weight is 342 g/mol. The Hall–Kier alpha value is -2.31. The third kappa shape index (κ3) is 2.92. The number of hydrogen-bond acceptors (Lipinski definition) is 4. The first-order valence-electron chi connectivity index (χ1n) is 9.09. The highest BCUT2D eigenvalue weighted by Crippen LogP contribution is 2.41. The van der Waals surface area contributed by atoms with E-state index in [2.05, 4.69) is 32.2 Å². The highest BCUT2D eigenvalue weighted by atomic mass is 16.2. The summed E-state index contributed by atoms with van der Waals surface area (Å²) in [5.41, 5.74) is 0.881. The van der Waals surface area contributed by atoms with Gasteiger partial charge in [0.25, 0.3) is 0 Å². The van der Waals surface area contributed by atoms with Gasteiger partial charge < -0.3 is 20.1 Å². The molecule has 2 atom stereocenters. The molecule has 3 heterocycles. The number of fused-ring (bicyclic) bond motifs is 2. The molecule has 2 fully saturated rings. The highest BCUT2D eigenvalue weighted by Gasteiger charge is 2.43. The number of nitrogens with zero attached hydrogens (tertiary/aromatic N) is 4. The number of anilines is 1. The number of nitrogens with one attached hydrogen (secondary N) is 2. The van der Waals surface area contributed by atoms with Crippen LogP contribution in [-0.4, -0.2) is 58.1 Å². The molecule has 7 heteroatoms. The fraction of sp³-hybridized carbons (Fsp3) is 0.611. The molecule has 0 aromatic carbocycles. The normalized spacial score (nSPS) is 25.6. The summed E-state index contributed by atoms with van der Waals surface area (Å²) in [7, 11) is 2.13. The Bertz CT molecular complexity index is 758. The molecule has 2 aromatic heterocycles. The van der Waals surface area contributed by atoms with Crippen LogP contribution in [0.3, 0.4) is 0 Å². The number of likely N-dealkylation sites (tertiary alicyclic amines) is 1. The van der Waals surface area contributed by atoms with E-state index < -0.39 is 0 Å². The van der Waals surface area contributed by atoms with Crippen molar-refractivity contribution in [2.45, 2.75) is 38.8 Å². The number of hydrogen-bond donors (Lipinski definition) is 2. The zero-order valence-electron chi connectivity index (χ0n) is 15.1. The van der Waals surface area contributed by atoms with E-state index in [1.54, 1.807) is 6.33 Å². The molecule has 4 rings (SSSR count). The predicted molar refractivity (Wildman–Crippen MR) is 97.5 cm³/mol. The highest BCUT2D eigenvalue weighted by molar-refractivity contribution is 5.87. The number of H-pyrrole nitrogens is 1. The van der Waals surface area contributed by atoms with Gasteiger partial charge in [-0.25, -0.2) is 14.8 Å². The lowest BCUT2D eigenvalue weighted by Crippen LogP contribution is -2.42. The van der Waals surface area contributed by atoms with Gasteiger partial charge in [-0.05, 0) is 44.6 Å². The molecule has 2 amide bonds. The van der Waals surface area contributed by atoms with E-state index in [1.165, 1.54) is 0 Å². The van der Waals surface area contributed by atoms with Crippen molar-refractivity contribution in [3.63, 3.8) is 0 Å². The smallest absolute Gasteiger partial charge is 0.317 e. The maximum atomic E-state index is 12.2. The van der Waals surface area contributed by atoms with E-state index >= 15 is 0 Å². The summed E-state index contributed by atoms with van der Waals surface area (Å²) in [6, 6.07) is 2.78. The molecule has 1 saturated heterocycles. The van der Waals surface area contributed by atoms with Crippen molar-refractivity contribution in [1.29, 1.82) is 0 Å². The Morgan fingerprint density at radius 2 is 2.04 bits per heavy atom. The average Bonchev–Trinajstić information content (AvgIpc) is 3.26. The maximum Gasteiger partial charge on any atom is 0.317 e. The Balaban J connectivity index is 1.43. The van der Waals surface area contributed by atoms with Gasteiger partial charge in [0.1, 0.15) is 17.8 Å². The van der Waals surface area contributed by atoms with Gasteiger partial charge in [-0.1, -0.05) is 0 Å². The molecule has 0 bridgehead atoms. The molecular formula is C18H26N6O. The van der Waals surface area contributed by atoms with Crippen molar-refractivity contribution >= 4 is 22.9 Å². The monoisotopic (exact) mass is 342 g/mol. The first-order chi connectivity index (χ1) is 12.0. The van der Waals surface area contributed by atoms with Gasteiger partial charge in [-0.3, -0.25) is 0 Å². The SMILES string of the molecule is CC(C)NC(=O)N1CC2CC(N(C)c3ncnc4[nH]ccc34)CC2C1. The number of rotatable bonds is 3. The zero-order chi connectivity index (χ0) is 17.6. The van der Waals surface area contributed by atoms with Gasteiger partial charge in [0.05, 0.1) is 5.39 Å². The summed E-state index contributed by atoms with van der Waals surface area (Å²) >= 11 is 0. The molecule has 1 aliphatic heterocycles. The summed E-state index contributed by atoms with van der Waals surface area (Å²) in [6.07, 6.45) is 5.76. The van der Waals surface area contributed by atoms with Crippen LogP contribution in [0.1, 0.15) is 26.7 Å². The van der Waals surface area contributed by atoms with Crippen molar-refractivity contribution in [1.82, 2.24) is 25.2 Å². The van der Waals surface area contributed by atoms with Gasteiger partial charge in [0, 0.05) is 38.4 Å². The van der Waals surface area contributed by atoms with Crippen LogP contribution in [0.5, 0.6) is 0 Å². The first-order valence-corrected chi connectivity index (χ1v) is 9.09. The number of urea groups is 1. The minimum Gasteiger partial charge on any atom is -0.356 e. The van der Waals surface area contributed by atoms with Gasteiger partial charge in [-0.15, -0.1) is 0 Å². The summed E-state index contributed by atoms with van der Waals surface area (Å²) in [4.78, 5) is 28.5. The summed E-state index contributed by atoms with van der Waals surface area (Å²) in [5, 5.41) is 4.08. The Kier molecular flexibility index (Phi) is 4.01. The Morgan fingerprint density at radius 1 is 1.32 bits per heavy atom. The molecule has 7 nitrogen and oxygen atoms in total. The molecule has 134 valence electrons. The lowest BCUT2D eigenvalue weighted by atomic mass is 10.0. The zero-order valence-corrected chi connectivity index (χ0v) is 15.1. The second-order valence-corrected chi connectivity index (χ2v) is 7.70. The van der Waals surface area contributed by atoms with E-state index in [9.17, 15) is 4.79 Å². The molecule has 0 spiro atoms. The molecule has 1 saturated carbocycles. The van der Waals surface area contributed by atoms with E-state index in [-0.39, 0.29) is 12.1 Å². The van der Waals surface area contributed by atoms with Crippen molar-refractivity contribution in [3.8, 4) is 0 Å². The Morgan fingerprint density at radius 3 is 2.72 bits per heavy atom. The molecule has 25 heavy (non-hydrogen) atoms. The lowest BCUT2D eigenvalue weighted by molar-refractivity contribution is 0.202. The second-order valence-electron chi connectivity index (χ2n) is 7.70. The molecule has 2 unspecified atom stereocenters. The standard InChI is InChI=1S/C18H26N6O/c1-11(2)22-18(25)24-8-12-6-14(7-13(12)9-24)23(3)17-15-4-5-19-16(15)20-10-21-17/h4-5,10-14H,6-9H2,1-3H3,(H,22,25)(H,19,20,21). The first kappa shape index (κ1) is 16.2. The van der Waals surface area contributed by atoms with Crippen LogP contribution in [-0.2, 0) is 0 Å². The van der Waals surface area contributed by atoms with Crippen LogP contribution < -0.4 is 10.2 Å². The van der Waals surface area contributed by atoms with E-state index in [4.69, 9.17) is 0 Å². The largest absolute Gasteiger partial charge is 0.356 e. The van der Waals surface area contributed by atoms with E-state index in [1.807, 2.05) is 31.0 Å². The summed E-state index contributed by atoms with van der Waals surface area (Å²) < 4.78 is 0. The van der Waals surface area contributed by atoms with Crippen molar-refractivity contribution in [3.05, 3.63) is 18.6 Å². The van der Waals surface area contributed by atoms with Crippen LogP contribution in [0.2, 0.25) is 0 Å². The third-order valence-electron chi connectivity index (χ3n) is 5.64. The maximum absolute atomic E-state index is 12.2. The summed E-state index contributed by atoms with van der Waals surface area (Å²) in [5.74, 6) is 2.17. The van der Waals surface area contributed by atoms with Crippen LogP contribution in [0.4, 0.5) is 10.6 Å². The van der Waals surface area contributed by atoms with Gasteiger partial charge in [-0.2, -0.15) is 0 Å². The van der Waals surface area contributed by atoms with Gasteiger partial charge in [0.2, 0.25) is 0 Å². The molecule has 2 aliphatic rings. The van der Waals surface area contributed by atoms with Crippen LogP contribution >= 0.6 is 0 Å². The topological polar surface area (TPSA) is 77.2 Å². The Labute approximate surface area is 147 Å². The molecule has 0 radical (unpaired) electrons. The van der Waals surface area contributed by atoms with Crippen LogP contribution in [0.25, 0.3) is 11.0 Å². The second kappa shape index (κ2) is 6.20. The van der Waals surface area contributed by atoms with Gasteiger partial charge >= 0.3 is 6.03 Å². The van der Waals surface area contributed by atoms with Crippen molar-refractivity contribution < 1.29 is 4.79 Å². The molecule has 2 aromatic rings. The van der Waals surface area contributed by atoms with Crippen LogP contribution in [0.15, 0.2) is 18.6 Å². The fourth-order valence-electron chi connectivity index (χ4n) is 4.40. The number of carbonyl (C=O) groups excluding carboxylic acids is 1. The van der Waals surface area contributed by atoms with E-state index in [0.29, 0.717) is 17.9 Å². The molecule has 2 N–H and O–H groups in total. The number of carbonyl (C=O) groups is 1. The number of aromatic amines is 1. The number of aromatic nitrogens is 3. The molecular weight excluding hydrogens is 316 g/mol. The van der Waals surface area contributed by atoms with Gasteiger partial charge in [0.15, 0.2) is 0 Å². The third-order valence-corrected chi connectivity index (χ3v) is 5.64. The number of amides is 2. The van der Waals surface area contributed by atoms with Crippen molar-refractivity contribution in [2.75, 3.05) is 25.0 Å². The minimum atomic E-state index is 0.0825. The van der Waals surface area contributed by atoms with Crippen molar-refractivity contribution in [2.24, 2.45) is 11.8 Å². The quantitative estimate of drug-likeness (QED) is 0.897. The predicted octanol–water partition coefficient (Wildman–Crippen LogP) is 2.22. The molecule has 1 aliphatic carbocycles. The fourth-order valence-corrected chi connectivity index (χ4v) is 4.40. The lowest BCUT2D eigenvalue weighted by Gasteiger charge is -2.28. The summed E-state index contributed by atoms with van der Waals surface area (Å²) in [6.45, 7) is 5.75. The van der Waals surface area contributed by atoms with E-state index in [0.717, 1.165) is 42.8 Å².